The molecule has 1 saturated carbocycles. The maximum absolute atomic E-state index is 9.20. The Morgan fingerprint density at radius 2 is 1.89 bits per heavy atom. The molecule has 3 N–H and O–H groups in total. The monoisotopic (exact) mass is 149 g/mol. The lowest BCUT2D eigenvalue weighted by molar-refractivity contribution is 0.0804. The number of rotatable bonds is 0. The maximum atomic E-state index is 9.20. The molecule has 0 radical (unpaired) electrons. The first kappa shape index (κ1) is 7.32. The smallest absolute Gasteiger partial charge is 0.138 e. The van der Waals surface area contributed by atoms with Gasteiger partial charge in [0.05, 0.1) is 0 Å². The van der Waals surface area contributed by atoms with Gasteiger partial charge in [0.15, 0.2) is 0 Å². The molecule has 0 bridgehead atoms. The number of hydrogen-bond donors (Lipinski definition) is 2. The molecule has 54 valence electrons. The highest BCUT2D eigenvalue weighted by atomic mass is 35.5. The van der Waals surface area contributed by atoms with E-state index in [1.807, 2.05) is 0 Å². The van der Waals surface area contributed by atoms with Crippen LogP contribution in [-0.4, -0.2) is 16.2 Å². The minimum absolute atomic E-state index is 0.254. The van der Waals surface area contributed by atoms with Crippen LogP contribution in [0.5, 0.6) is 0 Å². The zero-order valence-electron chi connectivity index (χ0n) is 5.31. The van der Waals surface area contributed by atoms with Gasteiger partial charge in [0, 0.05) is 6.04 Å². The van der Waals surface area contributed by atoms with E-state index in [1.54, 1.807) is 0 Å². The second-order valence-corrected chi connectivity index (χ2v) is 3.46. The highest BCUT2D eigenvalue weighted by Gasteiger charge is 2.28. The first-order valence-corrected chi connectivity index (χ1v) is 3.65. The Kier molecular flexibility index (Phi) is 1.99. The van der Waals surface area contributed by atoms with Crippen LogP contribution in [0, 0.1) is 0 Å². The number of nitrogens with two attached hydrogens (primary N) is 1. The van der Waals surface area contributed by atoms with Crippen LogP contribution in [0.15, 0.2) is 0 Å². The fourth-order valence-corrected chi connectivity index (χ4v) is 1.30. The zero-order chi connectivity index (χ0) is 6.91. The second kappa shape index (κ2) is 2.45. The molecule has 0 amide bonds. The van der Waals surface area contributed by atoms with Crippen LogP contribution in [-0.2, 0) is 0 Å². The molecule has 0 aliphatic heterocycles. The number of hydrogen-bond acceptors (Lipinski definition) is 2. The Bertz CT molecular complexity index is 95.2. The van der Waals surface area contributed by atoms with Crippen LogP contribution in [0.2, 0.25) is 0 Å². The lowest BCUT2D eigenvalue weighted by Crippen LogP contribution is -2.34. The van der Waals surface area contributed by atoms with Crippen molar-refractivity contribution in [2.45, 2.75) is 36.8 Å². The van der Waals surface area contributed by atoms with Crippen LogP contribution in [0.3, 0.4) is 0 Å². The van der Waals surface area contributed by atoms with Crippen molar-refractivity contribution in [3.05, 3.63) is 0 Å². The predicted molar refractivity (Wildman–Crippen MR) is 37.2 cm³/mol. The molecule has 0 heterocycles. The Balaban J connectivity index is 2.35. The summed E-state index contributed by atoms with van der Waals surface area (Å²) in [6, 6.07) is 0.254. The third-order valence-electron chi connectivity index (χ3n) is 1.80. The molecule has 3 heteroatoms. The van der Waals surface area contributed by atoms with Gasteiger partial charge in [-0.3, -0.25) is 0 Å². The summed E-state index contributed by atoms with van der Waals surface area (Å²) in [7, 11) is 0. The minimum atomic E-state index is -0.949. The number of alkyl halides is 1. The highest BCUT2D eigenvalue weighted by Crippen LogP contribution is 2.30. The molecule has 1 rings (SSSR count). The molecule has 0 unspecified atom stereocenters. The highest BCUT2D eigenvalue weighted by molar-refractivity contribution is 6.22. The SMILES string of the molecule is N[C@H]1CC[C@@](O)(Cl)CC1. The molecule has 0 aromatic heterocycles. The van der Waals surface area contributed by atoms with Gasteiger partial charge in [-0.25, -0.2) is 0 Å². The molecule has 1 fully saturated rings. The maximum Gasteiger partial charge on any atom is 0.138 e. The first-order chi connectivity index (χ1) is 4.10. The van der Waals surface area contributed by atoms with E-state index in [1.165, 1.54) is 0 Å². The largest absolute Gasteiger partial charge is 0.375 e. The van der Waals surface area contributed by atoms with Crippen molar-refractivity contribution >= 4 is 11.6 Å². The van der Waals surface area contributed by atoms with Gasteiger partial charge in [0.2, 0.25) is 0 Å². The van der Waals surface area contributed by atoms with Crippen molar-refractivity contribution in [1.82, 2.24) is 0 Å². The Hall–Kier alpha value is 0.210. The third kappa shape index (κ3) is 2.12. The average Bonchev–Trinajstić information content (AvgIpc) is 1.78. The molecule has 0 aromatic rings. The van der Waals surface area contributed by atoms with E-state index in [0.717, 1.165) is 12.8 Å². The van der Waals surface area contributed by atoms with Crippen LogP contribution in [0.4, 0.5) is 0 Å². The molecule has 9 heavy (non-hydrogen) atoms. The van der Waals surface area contributed by atoms with Crippen molar-refractivity contribution < 1.29 is 5.11 Å². The summed E-state index contributed by atoms with van der Waals surface area (Å²) >= 11 is 5.64. The molecular weight excluding hydrogens is 138 g/mol. The van der Waals surface area contributed by atoms with Gasteiger partial charge in [0.25, 0.3) is 0 Å². The van der Waals surface area contributed by atoms with Crippen LogP contribution in [0.1, 0.15) is 25.7 Å². The van der Waals surface area contributed by atoms with Crippen molar-refractivity contribution in [3.63, 3.8) is 0 Å². The summed E-state index contributed by atoms with van der Waals surface area (Å²) in [6.45, 7) is 0. The summed E-state index contributed by atoms with van der Waals surface area (Å²) in [4.78, 5) is 0. The summed E-state index contributed by atoms with van der Waals surface area (Å²) in [5.74, 6) is 0. The molecule has 1 aliphatic carbocycles. The normalized spacial score (nSPS) is 45.0. The minimum Gasteiger partial charge on any atom is -0.375 e. The lowest BCUT2D eigenvalue weighted by atomic mass is 9.93. The molecule has 0 saturated heterocycles. The van der Waals surface area contributed by atoms with E-state index in [9.17, 15) is 5.11 Å². The van der Waals surface area contributed by atoms with Crippen molar-refractivity contribution in [1.29, 1.82) is 0 Å². The quantitative estimate of drug-likeness (QED) is 0.501. The van der Waals surface area contributed by atoms with E-state index >= 15 is 0 Å². The molecule has 0 atom stereocenters. The van der Waals surface area contributed by atoms with Crippen LogP contribution >= 0.6 is 11.6 Å². The average molecular weight is 150 g/mol. The topological polar surface area (TPSA) is 46.2 Å². The first-order valence-electron chi connectivity index (χ1n) is 3.27. The predicted octanol–water partition coefficient (Wildman–Crippen LogP) is 0.815. The Morgan fingerprint density at radius 1 is 1.44 bits per heavy atom. The van der Waals surface area contributed by atoms with Gasteiger partial charge in [-0.05, 0) is 25.7 Å². The molecule has 0 aromatic carbocycles. The van der Waals surface area contributed by atoms with Gasteiger partial charge in [0.1, 0.15) is 5.06 Å². The fraction of sp³-hybridized carbons (Fsp3) is 1.00. The van der Waals surface area contributed by atoms with E-state index in [-0.39, 0.29) is 6.04 Å². The summed E-state index contributed by atoms with van der Waals surface area (Å²) in [5, 5.41) is 8.25. The van der Waals surface area contributed by atoms with E-state index in [0.29, 0.717) is 12.8 Å². The number of aliphatic hydroxyl groups is 1. The summed E-state index contributed by atoms with van der Waals surface area (Å²) in [5.41, 5.74) is 5.59. The van der Waals surface area contributed by atoms with Gasteiger partial charge >= 0.3 is 0 Å². The summed E-state index contributed by atoms with van der Waals surface area (Å²) < 4.78 is 0. The lowest BCUT2D eigenvalue weighted by Gasteiger charge is -2.28. The Labute approximate surface area is 60.0 Å². The van der Waals surface area contributed by atoms with Gasteiger partial charge in [-0.2, -0.15) is 0 Å². The van der Waals surface area contributed by atoms with E-state index < -0.39 is 5.06 Å². The van der Waals surface area contributed by atoms with Crippen molar-refractivity contribution in [2.24, 2.45) is 5.73 Å². The molecule has 2 nitrogen and oxygen atoms in total. The fourth-order valence-electron chi connectivity index (χ4n) is 1.08. The zero-order valence-corrected chi connectivity index (χ0v) is 6.06. The van der Waals surface area contributed by atoms with Crippen LogP contribution < -0.4 is 5.73 Å². The molecule has 1 aliphatic rings. The molecular formula is C6H12ClNO. The van der Waals surface area contributed by atoms with Gasteiger partial charge in [-0.15, -0.1) is 0 Å². The second-order valence-electron chi connectivity index (χ2n) is 2.76. The van der Waals surface area contributed by atoms with Crippen molar-refractivity contribution in [2.75, 3.05) is 0 Å². The van der Waals surface area contributed by atoms with E-state index in [4.69, 9.17) is 17.3 Å². The van der Waals surface area contributed by atoms with Gasteiger partial charge < -0.3 is 10.8 Å². The summed E-state index contributed by atoms with van der Waals surface area (Å²) in [6.07, 6.45) is 2.96. The van der Waals surface area contributed by atoms with Gasteiger partial charge in [-0.1, -0.05) is 11.6 Å². The third-order valence-corrected chi connectivity index (χ3v) is 2.17. The van der Waals surface area contributed by atoms with Crippen LogP contribution in [0.25, 0.3) is 0 Å². The van der Waals surface area contributed by atoms with E-state index in [2.05, 4.69) is 0 Å². The van der Waals surface area contributed by atoms with Crippen molar-refractivity contribution in [3.8, 4) is 0 Å². The Morgan fingerprint density at radius 3 is 2.22 bits per heavy atom. The standard InChI is InChI=1S/C6H12ClNO/c7-6(9)3-1-5(8)2-4-6/h5,9H,1-4,8H2/t5-,6-. The number of halogens is 1. The molecule has 0 spiro atoms.